The first-order valence-corrected chi connectivity index (χ1v) is 11.1. The van der Waals surface area contributed by atoms with Gasteiger partial charge in [0.2, 0.25) is 5.91 Å². The summed E-state index contributed by atoms with van der Waals surface area (Å²) in [7, 11) is 0. The Labute approximate surface area is 189 Å². The van der Waals surface area contributed by atoms with Crippen molar-refractivity contribution < 1.29 is 14.3 Å². The summed E-state index contributed by atoms with van der Waals surface area (Å²) in [5, 5.41) is 6.80. The summed E-state index contributed by atoms with van der Waals surface area (Å²) in [4.78, 5) is 25.8. The molecule has 3 rings (SSSR count). The second-order valence-corrected chi connectivity index (χ2v) is 9.85. The third kappa shape index (κ3) is 5.79. The second kappa shape index (κ2) is 9.31. The Morgan fingerprint density at radius 3 is 2.29 bits per heavy atom. The van der Waals surface area contributed by atoms with Crippen LogP contribution in [0.3, 0.4) is 0 Å². The van der Waals surface area contributed by atoms with Crippen LogP contribution in [0.1, 0.15) is 63.3 Å². The van der Waals surface area contributed by atoms with Crippen LogP contribution >= 0.6 is 11.6 Å². The van der Waals surface area contributed by atoms with E-state index < -0.39 is 11.7 Å². The fourth-order valence-corrected chi connectivity index (χ4v) is 4.25. The fraction of sp³-hybridized carbons (Fsp3) is 0.440. The van der Waals surface area contributed by atoms with Gasteiger partial charge >= 0.3 is 6.09 Å². The van der Waals surface area contributed by atoms with Gasteiger partial charge in [-0.3, -0.25) is 4.79 Å². The summed E-state index contributed by atoms with van der Waals surface area (Å²) in [5.41, 5.74) is 2.44. The van der Waals surface area contributed by atoms with Gasteiger partial charge in [0.15, 0.2) is 0 Å². The molecule has 166 valence electrons. The number of halogens is 1. The van der Waals surface area contributed by atoms with Crippen molar-refractivity contribution in [2.24, 2.45) is 5.92 Å². The summed E-state index contributed by atoms with van der Waals surface area (Å²) in [6.07, 6.45) is 0.153. The molecule has 6 heteroatoms. The zero-order valence-electron chi connectivity index (χ0n) is 18.7. The molecule has 2 aromatic rings. The number of carbonyl (C=O) groups excluding carboxylic acids is 2. The minimum absolute atomic E-state index is 0.0638. The van der Waals surface area contributed by atoms with Crippen LogP contribution in [0.2, 0.25) is 5.02 Å². The molecule has 0 aliphatic heterocycles. The van der Waals surface area contributed by atoms with Crippen molar-refractivity contribution in [3.05, 3.63) is 70.2 Å². The van der Waals surface area contributed by atoms with Gasteiger partial charge in [-0.25, -0.2) is 4.79 Å². The number of carbonyl (C=O) groups is 2. The molecule has 0 radical (unpaired) electrons. The first-order valence-electron chi connectivity index (χ1n) is 10.7. The van der Waals surface area contributed by atoms with E-state index in [0.29, 0.717) is 11.4 Å². The number of rotatable bonds is 5. The normalized spacial score (nSPS) is 18.9. The van der Waals surface area contributed by atoms with Gasteiger partial charge in [-0.05, 0) is 61.9 Å². The van der Waals surface area contributed by atoms with Crippen molar-refractivity contribution in [1.29, 1.82) is 0 Å². The summed E-state index contributed by atoms with van der Waals surface area (Å²) < 4.78 is 5.46. The van der Waals surface area contributed by atoms with E-state index in [1.54, 1.807) is 12.1 Å². The van der Waals surface area contributed by atoms with Gasteiger partial charge in [-0.1, -0.05) is 61.8 Å². The van der Waals surface area contributed by atoms with E-state index in [9.17, 15) is 9.59 Å². The highest BCUT2D eigenvalue weighted by molar-refractivity contribution is 6.30. The summed E-state index contributed by atoms with van der Waals surface area (Å²) >= 11 is 6.03. The van der Waals surface area contributed by atoms with Gasteiger partial charge < -0.3 is 15.4 Å². The maximum absolute atomic E-state index is 13.3. The molecule has 1 aliphatic carbocycles. The van der Waals surface area contributed by atoms with Crippen molar-refractivity contribution >= 4 is 23.6 Å². The lowest BCUT2D eigenvalue weighted by Gasteiger charge is -2.28. The Morgan fingerprint density at radius 1 is 1.03 bits per heavy atom. The molecule has 0 saturated carbocycles. The highest BCUT2D eigenvalue weighted by Crippen LogP contribution is 2.33. The third-order valence-corrected chi connectivity index (χ3v) is 5.66. The van der Waals surface area contributed by atoms with Crippen molar-refractivity contribution in [3.63, 3.8) is 0 Å². The van der Waals surface area contributed by atoms with Gasteiger partial charge in [0, 0.05) is 5.02 Å². The minimum atomic E-state index is -0.599. The van der Waals surface area contributed by atoms with Crippen LogP contribution in [0.5, 0.6) is 0 Å². The molecule has 0 fully saturated rings. The number of hydrogen-bond donors (Lipinski definition) is 2. The molecule has 1 aliphatic rings. The Kier molecular flexibility index (Phi) is 6.95. The van der Waals surface area contributed by atoms with Crippen LogP contribution < -0.4 is 10.6 Å². The number of hydrogen-bond acceptors (Lipinski definition) is 3. The molecule has 0 aromatic heterocycles. The van der Waals surface area contributed by atoms with E-state index in [-0.39, 0.29) is 29.8 Å². The zero-order chi connectivity index (χ0) is 22.8. The van der Waals surface area contributed by atoms with Crippen LogP contribution in [0, 0.1) is 5.92 Å². The molecule has 2 amide bonds. The lowest BCUT2D eigenvalue weighted by Crippen LogP contribution is -2.47. The molecular formula is C25H31ClN2O3. The predicted molar refractivity (Wildman–Crippen MR) is 123 cm³/mol. The zero-order valence-corrected chi connectivity index (χ0v) is 19.5. The SMILES string of the molecule is CC(C)C(C(=O)N[C@H]1Cc2ccccc2[C@@H]1NC(=O)OC(C)(C)C)c1ccc(Cl)cc1. The molecule has 31 heavy (non-hydrogen) atoms. The standard InChI is InChI=1S/C25H31ClN2O3/c1-15(2)21(16-10-12-18(26)13-11-16)23(29)27-20-14-17-8-6-7-9-19(17)22(20)28-24(30)31-25(3,4)5/h6-13,15,20-22H,14H2,1-5H3,(H,27,29)(H,28,30)/t20-,21?,22-/m0/s1. The van der Waals surface area contributed by atoms with Crippen molar-refractivity contribution in [2.75, 3.05) is 0 Å². The van der Waals surface area contributed by atoms with E-state index in [4.69, 9.17) is 16.3 Å². The lowest BCUT2D eigenvalue weighted by atomic mass is 9.87. The van der Waals surface area contributed by atoms with Gasteiger partial charge in [0.05, 0.1) is 18.0 Å². The van der Waals surface area contributed by atoms with Crippen LogP contribution in [0.15, 0.2) is 48.5 Å². The third-order valence-electron chi connectivity index (χ3n) is 5.41. The number of nitrogens with one attached hydrogen (secondary N) is 2. The van der Waals surface area contributed by atoms with Crippen LogP contribution in [0.4, 0.5) is 4.79 Å². The van der Waals surface area contributed by atoms with E-state index in [0.717, 1.165) is 16.7 Å². The van der Waals surface area contributed by atoms with Gasteiger partial charge in [-0.15, -0.1) is 0 Å². The molecule has 2 aromatic carbocycles. The average molecular weight is 443 g/mol. The van der Waals surface area contributed by atoms with Crippen molar-refractivity contribution in [3.8, 4) is 0 Å². The molecular weight excluding hydrogens is 412 g/mol. The first-order chi connectivity index (χ1) is 14.5. The van der Waals surface area contributed by atoms with Gasteiger partial charge in [0.25, 0.3) is 0 Å². The lowest BCUT2D eigenvalue weighted by molar-refractivity contribution is -0.124. The second-order valence-electron chi connectivity index (χ2n) is 9.42. The first kappa shape index (κ1) is 23.1. The van der Waals surface area contributed by atoms with Crippen molar-refractivity contribution in [1.82, 2.24) is 10.6 Å². The van der Waals surface area contributed by atoms with Crippen LogP contribution in [-0.2, 0) is 16.0 Å². The van der Waals surface area contributed by atoms with Crippen LogP contribution in [0.25, 0.3) is 0 Å². The Hall–Kier alpha value is -2.53. The van der Waals surface area contributed by atoms with Gasteiger partial charge in [0.1, 0.15) is 5.60 Å². The number of amides is 2. The minimum Gasteiger partial charge on any atom is -0.444 e. The number of ether oxygens (including phenoxy) is 1. The Balaban J connectivity index is 1.81. The highest BCUT2D eigenvalue weighted by Gasteiger charge is 2.37. The highest BCUT2D eigenvalue weighted by atomic mass is 35.5. The molecule has 5 nitrogen and oxygen atoms in total. The average Bonchev–Trinajstić information content (AvgIpc) is 2.99. The Bertz CT molecular complexity index is 935. The van der Waals surface area contributed by atoms with E-state index in [2.05, 4.69) is 10.6 Å². The van der Waals surface area contributed by atoms with Crippen molar-refractivity contribution in [2.45, 2.75) is 64.6 Å². The molecule has 1 unspecified atom stereocenters. The fourth-order valence-electron chi connectivity index (χ4n) is 4.12. The molecule has 3 atom stereocenters. The maximum Gasteiger partial charge on any atom is 0.408 e. The number of benzene rings is 2. The quantitative estimate of drug-likeness (QED) is 0.652. The summed E-state index contributed by atoms with van der Waals surface area (Å²) in [6, 6.07) is 14.7. The molecule has 0 heterocycles. The maximum atomic E-state index is 13.3. The number of alkyl carbamates (subject to hydrolysis) is 1. The largest absolute Gasteiger partial charge is 0.444 e. The summed E-state index contributed by atoms with van der Waals surface area (Å²) in [5.74, 6) is -0.281. The topological polar surface area (TPSA) is 67.4 Å². The molecule has 2 N–H and O–H groups in total. The Morgan fingerprint density at radius 2 is 1.68 bits per heavy atom. The van der Waals surface area contributed by atoms with Gasteiger partial charge in [-0.2, -0.15) is 0 Å². The van der Waals surface area contributed by atoms with E-state index >= 15 is 0 Å². The number of fused-ring (bicyclic) bond motifs is 1. The smallest absolute Gasteiger partial charge is 0.408 e. The van der Waals surface area contributed by atoms with E-state index in [1.165, 1.54) is 0 Å². The molecule has 0 spiro atoms. The monoisotopic (exact) mass is 442 g/mol. The predicted octanol–water partition coefficient (Wildman–Crippen LogP) is 5.39. The molecule has 0 bridgehead atoms. The van der Waals surface area contributed by atoms with E-state index in [1.807, 2.05) is 71.0 Å². The summed E-state index contributed by atoms with van der Waals surface area (Å²) in [6.45, 7) is 9.53. The van der Waals surface area contributed by atoms with Crippen LogP contribution in [-0.4, -0.2) is 23.6 Å². The molecule has 0 saturated heterocycles.